The van der Waals surface area contributed by atoms with Gasteiger partial charge in [-0.3, -0.25) is 9.59 Å². The Balaban J connectivity index is 1.87. The van der Waals surface area contributed by atoms with Crippen LogP contribution >= 0.6 is 0 Å². The van der Waals surface area contributed by atoms with Crippen molar-refractivity contribution in [2.45, 2.75) is 33.7 Å². The first-order chi connectivity index (χ1) is 10.8. The first-order valence-electron chi connectivity index (χ1n) is 8.05. The molecule has 2 rings (SSSR count). The average Bonchev–Trinajstić information content (AvgIpc) is 2.54. The average molecular weight is 318 g/mol. The van der Waals surface area contributed by atoms with Crippen LogP contribution in [-0.4, -0.2) is 53.9 Å². The second-order valence-corrected chi connectivity index (χ2v) is 6.95. The largest absolute Gasteiger partial charge is 0.353 e. The van der Waals surface area contributed by atoms with Gasteiger partial charge in [-0.15, -0.1) is 0 Å². The monoisotopic (exact) mass is 318 g/mol. The van der Waals surface area contributed by atoms with Crippen LogP contribution in [0.3, 0.4) is 0 Å². The Morgan fingerprint density at radius 3 is 2.35 bits per heavy atom. The highest BCUT2D eigenvalue weighted by Gasteiger charge is 2.29. The molecule has 0 aliphatic carbocycles. The zero-order valence-corrected chi connectivity index (χ0v) is 14.4. The normalized spacial score (nSPS) is 16.9. The van der Waals surface area contributed by atoms with Gasteiger partial charge >= 0.3 is 0 Å². The highest BCUT2D eigenvalue weighted by atomic mass is 16.2. The number of carbonyl (C=O) groups is 2. The van der Waals surface area contributed by atoms with E-state index in [9.17, 15) is 9.59 Å². The number of aromatic nitrogens is 1. The van der Waals surface area contributed by atoms with E-state index in [-0.39, 0.29) is 11.8 Å². The molecular weight excluding hydrogens is 292 g/mol. The Hall–Kier alpha value is -2.11. The van der Waals surface area contributed by atoms with E-state index >= 15 is 0 Å². The van der Waals surface area contributed by atoms with Crippen LogP contribution in [0.25, 0.3) is 0 Å². The van der Waals surface area contributed by atoms with Gasteiger partial charge < -0.3 is 15.1 Å². The lowest BCUT2D eigenvalue weighted by molar-refractivity contribution is -0.138. The van der Waals surface area contributed by atoms with Crippen molar-refractivity contribution in [3.8, 4) is 0 Å². The zero-order chi connectivity index (χ0) is 17.0. The first kappa shape index (κ1) is 17.2. The summed E-state index contributed by atoms with van der Waals surface area (Å²) >= 11 is 0. The maximum absolute atomic E-state index is 12.5. The van der Waals surface area contributed by atoms with Crippen LogP contribution in [0.4, 0.5) is 5.82 Å². The molecule has 0 spiro atoms. The SMILES string of the molecule is CC(NC(=O)C(C)(C)C)C(=O)N1CCN(c2ccccn2)CC1. The number of rotatable bonds is 3. The van der Waals surface area contributed by atoms with E-state index in [2.05, 4.69) is 15.2 Å². The van der Waals surface area contributed by atoms with Gasteiger partial charge in [0, 0.05) is 37.8 Å². The van der Waals surface area contributed by atoms with Crippen LogP contribution in [0.15, 0.2) is 24.4 Å². The lowest BCUT2D eigenvalue weighted by atomic mass is 9.95. The summed E-state index contributed by atoms with van der Waals surface area (Å²) in [7, 11) is 0. The first-order valence-corrected chi connectivity index (χ1v) is 8.05. The maximum atomic E-state index is 12.5. The molecule has 1 aromatic rings. The molecule has 1 N–H and O–H groups in total. The van der Waals surface area contributed by atoms with Gasteiger partial charge in [-0.2, -0.15) is 0 Å². The van der Waals surface area contributed by atoms with Crippen LogP contribution in [0.5, 0.6) is 0 Å². The molecule has 1 unspecified atom stereocenters. The molecule has 6 nitrogen and oxygen atoms in total. The summed E-state index contributed by atoms with van der Waals surface area (Å²) < 4.78 is 0. The van der Waals surface area contributed by atoms with Crippen molar-refractivity contribution in [1.29, 1.82) is 0 Å². The fourth-order valence-electron chi connectivity index (χ4n) is 2.45. The molecule has 126 valence electrons. The van der Waals surface area contributed by atoms with E-state index < -0.39 is 11.5 Å². The van der Waals surface area contributed by atoms with Gasteiger partial charge in [0.2, 0.25) is 11.8 Å². The zero-order valence-electron chi connectivity index (χ0n) is 14.4. The maximum Gasteiger partial charge on any atom is 0.244 e. The number of hydrogen-bond donors (Lipinski definition) is 1. The minimum Gasteiger partial charge on any atom is -0.353 e. The minimum absolute atomic E-state index is 0.0247. The molecule has 2 heterocycles. The van der Waals surface area contributed by atoms with Crippen molar-refractivity contribution in [3.63, 3.8) is 0 Å². The van der Waals surface area contributed by atoms with Crippen molar-refractivity contribution in [2.24, 2.45) is 5.41 Å². The Morgan fingerprint density at radius 2 is 1.83 bits per heavy atom. The number of piperazine rings is 1. The van der Waals surface area contributed by atoms with Crippen LogP contribution in [0, 0.1) is 5.41 Å². The minimum atomic E-state index is -0.497. The summed E-state index contributed by atoms with van der Waals surface area (Å²) in [5.74, 6) is 0.808. The Kier molecular flexibility index (Phi) is 5.23. The summed E-state index contributed by atoms with van der Waals surface area (Å²) in [6, 6.07) is 5.33. The van der Waals surface area contributed by atoms with Gasteiger partial charge in [0.25, 0.3) is 0 Å². The quantitative estimate of drug-likeness (QED) is 0.912. The molecule has 0 saturated carbocycles. The molecule has 0 aromatic carbocycles. The Labute approximate surface area is 137 Å². The van der Waals surface area contributed by atoms with Crippen molar-refractivity contribution in [3.05, 3.63) is 24.4 Å². The molecule has 6 heteroatoms. The topological polar surface area (TPSA) is 65.5 Å². The number of carbonyl (C=O) groups excluding carboxylic acids is 2. The van der Waals surface area contributed by atoms with E-state index in [0.717, 1.165) is 18.9 Å². The fraction of sp³-hybridized carbons (Fsp3) is 0.588. The fourth-order valence-corrected chi connectivity index (χ4v) is 2.45. The van der Waals surface area contributed by atoms with Gasteiger partial charge in [0.1, 0.15) is 11.9 Å². The van der Waals surface area contributed by atoms with E-state index in [1.54, 1.807) is 13.1 Å². The predicted molar refractivity (Wildman–Crippen MR) is 90.1 cm³/mol. The summed E-state index contributed by atoms with van der Waals surface area (Å²) in [5.41, 5.74) is -0.494. The molecule has 0 radical (unpaired) electrons. The highest BCUT2D eigenvalue weighted by Crippen LogP contribution is 2.15. The van der Waals surface area contributed by atoms with Gasteiger partial charge in [0.05, 0.1) is 0 Å². The van der Waals surface area contributed by atoms with E-state index in [4.69, 9.17) is 0 Å². The molecule has 1 saturated heterocycles. The standard InChI is InChI=1S/C17H26N4O2/c1-13(19-16(23)17(2,3)4)15(22)21-11-9-20(10-12-21)14-7-5-6-8-18-14/h5-8,13H,9-12H2,1-4H3,(H,19,23). The second-order valence-electron chi connectivity index (χ2n) is 6.95. The van der Waals surface area contributed by atoms with Crippen molar-refractivity contribution < 1.29 is 9.59 Å². The molecule has 23 heavy (non-hydrogen) atoms. The molecule has 1 aliphatic heterocycles. The second kappa shape index (κ2) is 6.98. The molecule has 1 fully saturated rings. The smallest absolute Gasteiger partial charge is 0.244 e. The lowest BCUT2D eigenvalue weighted by Gasteiger charge is -2.36. The van der Waals surface area contributed by atoms with Crippen molar-refractivity contribution >= 4 is 17.6 Å². The van der Waals surface area contributed by atoms with Gasteiger partial charge in [-0.25, -0.2) is 4.98 Å². The van der Waals surface area contributed by atoms with Crippen molar-refractivity contribution in [1.82, 2.24) is 15.2 Å². The van der Waals surface area contributed by atoms with Gasteiger partial charge in [0.15, 0.2) is 0 Å². The summed E-state index contributed by atoms with van der Waals surface area (Å²) in [6.07, 6.45) is 1.77. The summed E-state index contributed by atoms with van der Waals surface area (Å²) in [5, 5.41) is 2.80. The Bertz CT molecular complexity index is 545. The molecule has 1 aliphatic rings. The molecule has 2 amide bonds. The third-order valence-electron chi connectivity index (χ3n) is 3.96. The van der Waals surface area contributed by atoms with Crippen molar-refractivity contribution in [2.75, 3.05) is 31.1 Å². The summed E-state index contributed by atoms with van der Waals surface area (Å²) in [4.78, 5) is 32.8. The number of pyridine rings is 1. The van der Waals surface area contributed by atoms with Gasteiger partial charge in [-0.05, 0) is 19.1 Å². The van der Waals surface area contributed by atoms with Crippen LogP contribution in [0.1, 0.15) is 27.7 Å². The number of nitrogens with one attached hydrogen (secondary N) is 1. The van der Waals surface area contributed by atoms with E-state index in [1.807, 2.05) is 43.9 Å². The number of hydrogen-bond acceptors (Lipinski definition) is 4. The Morgan fingerprint density at radius 1 is 1.17 bits per heavy atom. The third kappa shape index (κ3) is 4.43. The molecular formula is C17H26N4O2. The van der Waals surface area contributed by atoms with E-state index in [1.165, 1.54) is 0 Å². The molecule has 1 atom stereocenters. The molecule has 0 bridgehead atoms. The van der Waals surface area contributed by atoms with Crippen LogP contribution in [-0.2, 0) is 9.59 Å². The van der Waals surface area contributed by atoms with Crippen LogP contribution in [0.2, 0.25) is 0 Å². The number of anilines is 1. The summed E-state index contributed by atoms with van der Waals surface area (Å²) in [6.45, 7) is 10.1. The number of amides is 2. The predicted octanol–water partition coefficient (Wildman–Crippen LogP) is 1.28. The lowest BCUT2D eigenvalue weighted by Crippen LogP contribution is -2.55. The number of nitrogens with zero attached hydrogens (tertiary/aromatic N) is 3. The third-order valence-corrected chi connectivity index (χ3v) is 3.96. The highest BCUT2D eigenvalue weighted by molar-refractivity contribution is 5.89. The van der Waals surface area contributed by atoms with Gasteiger partial charge in [-0.1, -0.05) is 26.8 Å². The molecule has 1 aromatic heterocycles. The van der Waals surface area contributed by atoms with Crippen LogP contribution < -0.4 is 10.2 Å². The van der Waals surface area contributed by atoms with E-state index in [0.29, 0.717) is 13.1 Å².